The molecular formula is C17H27FN2O. The van der Waals surface area contributed by atoms with Gasteiger partial charge in [0.1, 0.15) is 0 Å². The average Bonchev–Trinajstić information content (AvgIpc) is 2.47. The number of hydrogen-bond acceptors (Lipinski definition) is 3. The lowest BCUT2D eigenvalue weighted by molar-refractivity contribution is 0.133. The molecule has 1 aliphatic rings. The Morgan fingerprint density at radius 1 is 1.38 bits per heavy atom. The van der Waals surface area contributed by atoms with Crippen LogP contribution in [0.3, 0.4) is 0 Å². The van der Waals surface area contributed by atoms with Gasteiger partial charge in [-0.25, -0.2) is 4.39 Å². The molecule has 2 N–H and O–H groups in total. The summed E-state index contributed by atoms with van der Waals surface area (Å²) in [7, 11) is 3.60. The minimum absolute atomic E-state index is 0.176. The number of rotatable bonds is 5. The van der Waals surface area contributed by atoms with Crippen LogP contribution in [0.15, 0.2) is 18.2 Å². The minimum atomic E-state index is -0.348. The van der Waals surface area contributed by atoms with E-state index in [9.17, 15) is 4.39 Å². The second-order valence-corrected chi connectivity index (χ2v) is 6.27. The normalized spacial score (nSPS) is 24.1. The smallest absolute Gasteiger partial charge is 0.165 e. The van der Waals surface area contributed by atoms with Crippen molar-refractivity contribution in [3.63, 3.8) is 0 Å². The van der Waals surface area contributed by atoms with Crippen LogP contribution in [0.5, 0.6) is 5.75 Å². The molecule has 1 aromatic rings. The van der Waals surface area contributed by atoms with Crippen LogP contribution < -0.4 is 10.5 Å². The van der Waals surface area contributed by atoms with Crippen LogP contribution in [0.25, 0.3) is 0 Å². The van der Waals surface area contributed by atoms with E-state index >= 15 is 0 Å². The Morgan fingerprint density at radius 2 is 2.10 bits per heavy atom. The third-order valence-electron chi connectivity index (χ3n) is 4.72. The fourth-order valence-corrected chi connectivity index (χ4v) is 3.42. The van der Waals surface area contributed by atoms with Crippen molar-refractivity contribution < 1.29 is 9.13 Å². The molecule has 0 amide bonds. The fourth-order valence-electron chi connectivity index (χ4n) is 3.42. The number of benzene rings is 1. The number of hydrogen-bond donors (Lipinski definition) is 1. The van der Waals surface area contributed by atoms with Crippen LogP contribution >= 0.6 is 0 Å². The molecule has 3 unspecified atom stereocenters. The maximum Gasteiger partial charge on any atom is 0.165 e. The molecule has 0 spiro atoms. The molecule has 0 aliphatic heterocycles. The molecule has 0 aromatic heterocycles. The van der Waals surface area contributed by atoms with E-state index < -0.39 is 0 Å². The van der Waals surface area contributed by atoms with Gasteiger partial charge in [0.25, 0.3) is 0 Å². The van der Waals surface area contributed by atoms with Crippen molar-refractivity contribution in [2.45, 2.75) is 44.7 Å². The van der Waals surface area contributed by atoms with Gasteiger partial charge in [0.15, 0.2) is 11.6 Å². The van der Waals surface area contributed by atoms with E-state index in [-0.39, 0.29) is 17.6 Å². The summed E-state index contributed by atoms with van der Waals surface area (Å²) in [6.45, 7) is 3.07. The molecule has 21 heavy (non-hydrogen) atoms. The van der Waals surface area contributed by atoms with Gasteiger partial charge in [-0.15, -0.1) is 0 Å². The maximum absolute atomic E-state index is 13.8. The van der Waals surface area contributed by atoms with E-state index in [1.54, 1.807) is 6.07 Å². The summed E-state index contributed by atoms with van der Waals surface area (Å²) in [5.74, 6) is 0.628. The molecular weight excluding hydrogens is 267 g/mol. The molecule has 4 heteroatoms. The SMILES string of the molecule is COc1ccc(C(N)CN(C)C2CCCCC2C)cc1F. The predicted octanol–water partition coefficient (Wildman–Crippen LogP) is 3.34. The molecule has 2 rings (SSSR count). The lowest BCUT2D eigenvalue weighted by Gasteiger charge is -2.37. The van der Waals surface area contributed by atoms with Gasteiger partial charge in [0.2, 0.25) is 0 Å². The fraction of sp³-hybridized carbons (Fsp3) is 0.647. The first-order valence-electron chi connectivity index (χ1n) is 7.82. The molecule has 1 saturated carbocycles. The summed E-state index contributed by atoms with van der Waals surface area (Å²) in [4.78, 5) is 2.34. The zero-order valence-corrected chi connectivity index (χ0v) is 13.3. The van der Waals surface area contributed by atoms with E-state index in [1.165, 1.54) is 38.9 Å². The Kier molecular flexibility index (Phi) is 5.59. The highest BCUT2D eigenvalue weighted by atomic mass is 19.1. The van der Waals surface area contributed by atoms with Gasteiger partial charge in [0.05, 0.1) is 7.11 Å². The number of halogens is 1. The number of nitrogens with two attached hydrogens (primary N) is 1. The van der Waals surface area contributed by atoms with Crippen LogP contribution in [-0.4, -0.2) is 31.6 Å². The number of ether oxygens (including phenoxy) is 1. The van der Waals surface area contributed by atoms with Crippen LogP contribution in [0.1, 0.15) is 44.2 Å². The third kappa shape index (κ3) is 3.95. The molecule has 1 aliphatic carbocycles. The number of likely N-dealkylation sites (N-methyl/N-ethyl adjacent to an activating group) is 1. The standard InChI is InChI=1S/C17H27FN2O/c1-12-6-4-5-7-16(12)20(2)11-15(19)13-8-9-17(21-3)14(18)10-13/h8-10,12,15-16H,4-7,11,19H2,1-3H3. The zero-order chi connectivity index (χ0) is 15.4. The summed E-state index contributed by atoms with van der Waals surface area (Å²) in [5.41, 5.74) is 7.08. The lowest BCUT2D eigenvalue weighted by atomic mass is 9.85. The Labute approximate surface area is 127 Å². The van der Waals surface area contributed by atoms with Crippen molar-refractivity contribution in [3.8, 4) is 5.75 Å². The molecule has 1 aromatic carbocycles. The molecule has 0 bridgehead atoms. The molecule has 3 nitrogen and oxygen atoms in total. The molecule has 0 saturated heterocycles. The van der Waals surface area contributed by atoms with E-state index in [1.807, 2.05) is 6.07 Å². The second kappa shape index (κ2) is 7.23. The van der Waals surface area contributed by atoms with Gasteiger partial charge in [0, 0.05) is 18.6 Å². The number of methoxy groups -OCH3 is 1. The first-order valence-corrected chi connectivity index (χ1v) is 7.82. The van der Waals surface area contributed by atoms with Crippen molar-refractivity contribution in [2.75, 3.05) is 20.7 Å². The molecule has 3 atom stereocenters. The Hall–Kier alpha value is -1.13. The van der Waals surface area contributed by atoms with Crippen molar-refractivity contribution >= 4 is 0 Å². The van der Waals surface area contributed by atoms with E-state index in [0.29, 0.717) is 12.0 Å². The summed E-state index contributed by atoms with van der Waals surface area (Å²) in [6.07, 6.45) is 5.16. The first kappa shape index (κ1) is 16.2. The monoisotopic (exact) mass is 294 g/mol. The highest BCUT2D eigenvalue weighted by molar-refractivity contribution is 5.31. The summed E-state index contributed by atoms with van der Waals surface area (Å²) in [5, 5.41) is 0. The maximum atomic E-state index is 13.8. The van der Waals surface area contributed by atoms with Crippen LogP contribution in [0, 0.1) is 11.7 Å². The van der Waals surface area contributed by atoms with Crippen LogP contribution in [0.2, 0.25) is 0 Å². The Balaban J connectivity index is 1.99. The van der Waals surface area contributed by atoms with Crippen LogP contribution in [-0.2, 0) is 0 Å². The van der Waals surface area contributed by atoms with E-state index in [2.05, 4.69) is 18.9 Å². The predicted molar refractivity (Wildman–Crippen MR) is 83.9 cm³/mol. The highest BCUT2D eigenvalue weighted by Gasteiger charge is 2.26. The van der Waals surface area contributed by atoms with Crippen molar-refractivity contribution in [3.05, 3.63) is 29.6 Å². The first-order chi connectivity index (χ1) is 10.0. The zero-order valence-electron chi connectivity index (χ0n) is 13.3. The van der Waals surface area contributed by atoms with Crippen molar-refractivity contribution in [2.24, 2.45) is 11.7 Å². The van der Waals surface area contributed by atoms with Crippen molar-refractivity contribution in [1.82, 2.24) is 4.90 Å². The largest absolute Gasteiger partial charge is 0.494 e. The summed E-state index contributed by atoms with van der Waals surface area (Å²) in [6, 6.07) is 5.40. The second-order valence-electron chi connectivity index (χ2n) is 6.27. The molecule has 0 heterocycles. The van der Waals surface area contributed by atoms with Gasteiger partial charge < -0.3 is 15.4 Å². The quantitative estimate of drug-likeness (QED) is 0.905. The highest BCUT2D eigenvalue weighted by Crippen LogP contribution is 2.28. The van der Waals surface area contributed by atoms with Gasteiger partial charge in [-0.2, -0.15) is 0 Å². The summed E-state index contributed by atoms with van der Waals surface area (Å²) >= 11 is 0. The van der Waals surface area contributed by atoms with E-state index in [0.717, 1.165) is 12.1 Å². The van der Waals surface area contributed by atoms with E-state index in [4.69, 9.17) is 10.5 Å². The topological polar surface area (TPSA) is 38.5 Å². The molecule has 118 valence electrons. The lowest BCUT2D eigenvalue weighted by Crippen LogP contribution is -2.42. The van der Waals surface area contributed by atoms with Gasteiger partial charge in [-0.3, -0.25) is 0 Å². The third-order valence-corrected chi connectivity index (χ3v) is 4.72. The average molecular weight is 294 g/mol. The molecule has 1 fully saturated rings. The van der Waals surface area contributed by atoms with Gasteiger partial charge in [-0.1, -0.05) is 25.8 Å². The van der Waals surface area contributed by atoms with Gasteiger partial charge in [-0.05, 0) is 43.5 Å². The van der Waals surface area contributed by atoms with Gasteiger partial charge >= 0.3 is 0 Å². The molecule has 0 radical (unpaired) electrons. The number of nitrogens with zero attached hydrogens (tertiary/aromatic N) is 1. The Bertz CT molecular complexity index is 466. The Morgan fingerprint density at radius 3 is 2.71 bits per heavy atom. The minimum Gasteiger partial charge on any atom is -0.494 e. The summed E-state index contributed by atoms with van der Waals surface area (Å²) < 4.78 is 18.7. The van der Waals surface area contributed by atoms with Crippen LogP contribution in [0.4, 0.5) is 4.39 Å². The van der Waals surface area contributed by atoms with Crippen molar-refractivity contribution in [1.29, 1.82) is 0 Å².